The third-order valence-corrected chi connectivity index (χ3v) is 2.87. The van der Waals surface area contributed by atoms with Crippen molar-refractivity contribution >= 4 is 0 Å². The van der Waals surface area contributed by atoms with Gasteiger partial charge in [0.15, 0.2) is 0 Å². The molecule has 2 heteroatoms. The number of rotatable bonds is 3. The van der Waals surface area contributed by atoms with Crippen molar-refractivity contribution in [2.75, 3.05) is 7.11 Å². The largest absolute Gasteiger partial charge is 0.495 e. The summed E-state index contributed by atoms with van der Waals surface area (Å²) < 4.78 is 5.11. The van der Waals surface area contributed by atoms with E-state index in [4.69, 9.17) is 10.00 Å². The lowest BCUT2D eigenvalue weighted by Crippen LogP contribution is -2.02. The summed E-state index contributed by atoms with van der Waals surface area (Å²) in [4.78, 5) is 0. The molecule has 0 heterocycles. The Morgan fingerprint density at radius 1 is 1.27 bits per heavy atom. The number of nitriles is 1. The first-order chi connectivity index (χ1) is 7.10. The van der Waals surface area contributed by atoms with Crippen molar-refractivity contribution in [3.05, 3.63) is 29.3 Å². The zero-order valence-electron chi connectivity index (χ0n) is 9.74. The molecule has 0 aromatic heterocycles. The number of benzene rings is 1. The van der Waals surface area contributed by atoms with Gasteiger partial charge in [-0.3, -0.25) is 0 Å². The third-order valence-electron chi connectivity index (χ3n) is 2.87. The molecule has 0 spiro atoms. The molecule has 0 saturated carbocycles. The Morgan fingerprint density at radius 2 is 1.93 bits per heavy atom. The Balaban J connectivity index is 3.09. The van der Waals surface area contributed by atoms with Crippen LogP contribution in [0.15, 0.2) is 18.2 Å². The molecule has 0 fully saturated rings. The Bertz CT molecular complexity index is 377. The molecular formula is C13H17NO. The van der Waals surface area contributed by atoms with Crippen LogP contribution in [-0.2, 0) is 0 Å². The molecule has 0 aliphatic heterocycles. The summed E-state index contributed by atoms with van der Waals surface area (Å²) in [5.74, 6) is 1.69. The highest BCUT2D eigenvalue weighted by Crippen LogP contribution is 2.27. The van der Waals surface area contributed by atoms with Gasteiger partial charge < -0.3 is 4.74 Å². The highest BCUT2D eigenvalue weighted by Gasteiger charge is 2.12. The summed E-state index contributed by atoms with van der Waals surface area (Å²) >= 11 is 0. The van der Waals surface area contributed by atoms with Crippen LogP contribution >= 0.6 is 0 Å². The molecule has 0 radical (unpaired) electrons. The van der Waals surface area contributed by atoms with E-state index in [0.29, 0.717) is 23.1 Å². The summed E-state index contributed by atoms with van der Waals surface area (Å²) in [6, 6.07) is 7.98. The Hall–Kier alpha value is -1.49. The summed E-state index contributed by atoms with van der Waals surface area (Å²) in [5, 5.41) is 8.96. The fraction of sp³-hybridized carbons (Fsp3) is 0.462. The highest BCUT2D eigenvalue weighted by molar-refractivity contribution is 5.46. The van der Waals surface area contributed by atoms with Crippen LogP contribution in [0.5, 0.6) is 5.75 Å². The second-order valence-corrected chi connectivity index (χ2v) is 4.10. The number of nitrogens with zero attached hydrogens (tertiary/aromatic N) is 1. The molecule has 80 valence electrons. The number of methoxy groups -OCH3 is 1. The van der Waals surface area contributed by atoms with Gasteiger partial charge in [-0.05, 0) is 29.5 Å². The van der Waals surface area contributed by atoms with Gasteiger partial charge in [0.05, 0.1) is 12.7 Å². The lowest BCUT2D eigenvalue weighted by molar-refractivity contribution is 0.413. The molecule has 1 atom stereocenters. The topological polar surface area (TPSA) is 33.0 Å². The van der Waals surface area contributed by atoms with Crippen LogP contribution in [0.25, 0.3) is 0 Å². The lowest BCUT2D eigenvalue weighted by atomic mass is 9.89. The van der Waals surface area contributed by atoms with E-state index in [1.807, 2.05) is 18.2 Å². The minimum absolute atomic E-state index is 0.461. The van der Waals surface area contributed by atoms with E-state index in [-0.39, 0.29) is 0 Å². The van der Waals surface area contributed by atoms with Crippen molar-refractivity contribution in [1.29, 1.82) is 5.26 Å². The van der Waals surface area contributed by atoms with Crippen LogP contribution in [-0.4, -0.2) is 7.11 Å². The van der Waals surface area contributed by atoms with Crippen molar-refractivity contribution < 1.29 is 4.74 Å². The maximum Gasteiger partial charge on any atom is 0.136 e. The minimum atomic E-state index is 0.461. The van der Waals surface area contributed by atoms with Gasteiger partial charge in [0.2, 0.25) is 0 Å². The predicted octanol–water partition coefficient (Wildman–Crippen LogP) is 3.33. The SMILES string of the molecule is COc1ccc(C(C)C(C)C)cc1C#N. The first kappa shape index (κ1) is 11.6. The van der Waals surface area contributed by atoms with E-state index in [1.54, 1.807) is 7.11 Å². The van der Waals surface area contributed by atoms with Crippen LogP contribution in [0.3, 0.4) is 0 Å². The Kier molecular flexibility index (Phi) is 3.74. The van der Waals surface area contributed by atoms with Crippen LogP contribution in [0, 0.1) is 17.2 Å². The lowest BCUT2D eigenvalue weighted by Gasteiger charge is -2.16. The molecule has 15 heavy (non-hydrogen) atoms. The predicted molar refractivity (Wildman–Crippen MR) is 61.0 cm³/mol. The van der Waals surface area contributed by atoms with E-state index < -0.39 is 0 Å². The minimum Gasteiger partial charge on any atom is -0.495 e. The fourth-order valence-corrected chi connectivity index (χ4v) is 1.48. The molecule has 1 aromatic carbocycles. The number of hydrogen-bond donors (Lipinski definition) is 0. The molecule has 0 bridgehead atoms. The Morgan fingerprint density at radius 3 is 2.40 bits per heavy atom. The van der Waals surface area contributed by atoms with E-state index in [2.05, 4.69) is 26.8 Å². The first-order valence-corrected chi connectivity index (χ1v) is 5.18. The average Bonchev–Trinajstić information content (AvgIpc) is 2.26. The first-order valence-electron chi connectivity index (χ1n) is 5.18. The van der Waals surface area contributed by atoms with Crippen LogP contribution in [0.4, 0.5) is 0 Å². The van der Waals surface area contributed by atoms with Crippen molar-refractivity contribution in [3.8, 4) is 11.8 Å². The van der Waals surface area contributed by atoms with Crippen molar-refractivity contribution in [2.45, 2.75) is 26.7 Å². The second-order valence-electron chi connectivity index (χ2n) is 4.10. The fourth-order valence-electron chi connectivity index (χ4n) is 1.48. The zero-order valence-corrected chi connectivity index (χ0v) is 9.74. The smallest absolute Gasteiger partial charge is 0.136 e. The highest BCUT2D eigenvalue weighted by atomic mass is 16.5. The van der Waals surface area contributed by atoms with Gasteiger partial charge in [0.1, 0.15) is 11.8 Å². The summed E-state index contributed by atoms with van der Waals surface area (Å²) in [5.41, 5.74) is 1.81. The summed E-state index contributed by atoms with van der Waals surface area (Å²) in [7, 11) is 1.59. The molecule has 0 amide bonds. The molecular weight excluding hydrogens is 186 g/mol. The van der Waals surface area contributed by atoms with E-state index in [1.165, 1.54) is 5.56 Å². The van der Waals surface area contributed by atoms with E-state index in [0.717, 1.165) is 0 Å². The normalized spacial score (nSPS) is 12.3. The van der Waals surface area contributed by atoms with Gasteiger partial charge in [0.25, 0.3) is 0 Å². The van der Waals surface area contributed by atoms with Crippen molar-refractivity contribution in [1.82, 2.24) is 0 Å². The summed E-state index contributed by atoms with van der Waals surface area (Å²) in [6.45, 7) is 6.54. The zero-order chi connectivity index (χ0) is 11.4. The standard InChI is InChI=1S/C13H17NO/c1-9(2)10(3)11-5-6-13(15-4)12(7-11)8-14/h5-7,9-10H,1-4H3. The van der Waals surface area contributed by atoms with E-state index >= 15 is 0 Å². The molecule has 1 aromatic rings. The van der Waals surface area contributed by atoms with Gasteiger partial charge >= 0.3 is 0 Å². The monoisotopic (exact) mass is 203 g/mol. The number of ether oxygens (including phenoxy) is 1. The molecule has 1 unspecified atom stereocenters. The molecule has 1 rings (SSSR count). The van der Waals surface area contributed by atoms with Crippen molar-refractivity contribution in [3.63, 3.8) is 0 Å². The third kappa shape index (κ3) is 2.50. The van der Waals surface area contributed by atoms with Gasteiger partial charge in [-0.1, -0.05) is 26.8 Å². The van der Waals surface area contributed by atoms with E-state index in [9.17, 15) is 0 Å². The average molecular weight is 203 g/mol. The van der Waals surface area contributed by atoms with Crippen LogP contribution in [0.2, 0.25) is 0 Å². The number of hydrogen-bond acceptors (Lipinski definition) is 2. The molecule has 0 aliphatic carbocycles. The van der Waals surface area contributed by atoms with Gasteiger partial charge in [0, 0.05) is 0 Å². The maximum atomic E-state index is 8.96. The molecule has 0 aliphatic rings. The molecule has 2 nitrogen and oxygen atoms in total. The second kappa shape index (κ2) is 4.84. The molecule has 0 saturated heterocycles. The maximum absolute atomic E-state index is 8.96. The van der Waals surface area contributed by atoms with Crippen LogP contribution < -0.4 is 4.74 Å². The quantitative estimate of drug-likeness (QED) is 0.755. The summed E-state index contributed by atoms with van der Waals surface area (Å²) in [6.07, 6.45) is 0. The van der Waals surface area contributed by atoms with Crippen molar-refractivity contribution in [2.24, 2.45) is 5.92 Å². The van der Waals surface area contributed by atoms with Gasteiger partial charge in [-0.2, -0.15) is 5.26 Å². The van der Waals surface area contributed by atoms with Crippen LogP contribution in [0.1, 0.15) is 37.8 Å². The Labute approximate surface area is 91.5 Å². The molecule has 0 N–H and O–H groups in total. The van der Waals surface area contributed by atoms with Gasteiger partial charge in [-0.25, -0.2) is 0 Å². The van der Waals surface area contributed by atoms with Gasteiger partial charge in [-0.15, -0.1) is 0 Å².